The molecule has 1 aliphatic heterocycles. The summed E-state index contributed by atoms with van der Waals surface area (Å²) in [5.41, 5.74) is 3.59. The Hall–Kier alpha value is -5.00. The maximum absolute atomic E-state index is 15.6. The molecular formula is C30H27F2N7O3. The van der Waals surface area contributed by atoms with Crippen molar-refractivity contribution in [2.24, 2.45) is 18.9 Å². The summed E-state index contributed by atoms with van der Waals surface area (Å²) in [6.07, 6.45) is 6.61. The summed E-state index contributed by atoms with van der Waals surface area (Å²) in [6.45, 7) is 1.34. The Labute approximate surface area is 237 Å². The van der Waals surface area contributed by atoms with Gasteiger partial charge in [0.1, 0.15) is 16.9 Å². The Morgan fingerprint density at radius 1 is 1.17 bits per heavy atom. The lowest BCUT2D eigenvalue weighted by atomic mass is 10.0. The number of fused-ring (bicyclic) bond motifs is 5. The van der Waals surface area contributed by atoms with E-state index in [-0.39, 0.29) is 16.3 Å². The molecule has 1 unspecified atom stereocenters. The summed E-state index contributed by atoms with van der Waals surface area (Å²) >= 11 is 0. The monoisotopic (exact) mass is 571 g/mol. The largest absolute Gasteiger partial charge is 0.477 e. The highest BCUT2D eigenvalue weighted by Gasteiger charge is 2.51. The van der Waals surface area contributed by atoms with Gasteiger partial charge in [-0.2, -0.15) is 0 Å². The van der Waals surface area contributed by atoms with Gasteiger partial charge in [0, 0.05) is 88.9 Å². The quantitative estimate of drug-likeness (QED) is 0.288. The van der Waals surface area contributed by atoms with Crippen molar-refractivity contribution in [3.8, 4) is 11.1 Å². The van der Waals surface area contributed by atoms with Crippen LogP contribution in [0.25, 0.3) is 44.1 Å². The fraction of sp³-hybridized carbons (Fsp3) is 0.267. The van der Waals surface area contributed by atoms with E-state index in [1.807, 2.05) is 19.0 Å². The Kier molecular flexibility index (Phi) is 5.56. The lowest BCUT2D eigenvalue weighted by Crippen LogP contribution is -2.24. The van der Waals surface area contributed by atoms with Crippen molar-refractivity contribution in [1.82, 2.24) is 24.4 Å². The standard InChI is InChI=1S/C30H27F2N7O3/c1-33-21-6-20(31)24(32)22-23-26(39-11-17-16(9-37(2)3)18(17)12-39)15(8-34-28(23)36-25(21)22)13-5-14-27(40)19(30(41)42)10-38(4)29(14)35-7-13/h5-10,17-18,33H,11-12H2,1-4H3,(H,34,36)(H,41,42)/t17-,18?/m1/s1. The van der Waals surface area contributed by atoms with E-state index in [1.165, 1.54) is 16.3 Å². The molecule has 1 aromatic carbocycles. The van der Waals surface area contributed by atoms with Gasteiger partial charge in [-0.3, -0.25) is 4.79 Å². The van der Waals surface area contributed by atoms with Gasteiger partial charge in [0.2, 0.25) is 5.43 Å². The van der Waals surface area contributed by atoms with Gasteiger partial charge in [-0.1, -0.05) is 0 Å². The van der Waals surface area contributed by atoms with Crippen LogP contribution in [0.5, 0.6) is 0 Å². The molecule has 5 aromatic rings. The molecular weight excluding hydrogens is 544 g/mol. The van der Waals surface area contributed by atoms with Crippen molar-refractivity contribution < 1.29 is 18.7 Å². The number of aromatic carboxylic acids is 1. The average molecular weight is 572 g/mol. The van der Waals surface area contributed by atoms with E-state index in [2.05, 4.69) is 31.4 Å². The zero-order valence-electron chi connectivity index (χ0n) is 23.3. The molecule has 1 saturated carbocycles. The highest BCUT2D eigenvalue weighted by molar-refractivity contribution is 6.18. The second kappa shape index (κ2) is 9.00. The highest BCUT2D eigenvalue weighted by atomic mass is 19.2. The number of pyridine rings is 3. The number of carbonyl (C=O) groups is 1. The van der Waals surface area contributed by atoms with Crippen LogP contribution < -0.4 is 15.6 Å². The van der Waals surface area contributed by atoms with Gasteiger partial charge in [-0.15, -0.1) is 0 Å². The van der Waals surface area contributed by atoms with Crippen LogP contribution in [0.2, 0.25) is 0 Å². The molecule has 7 rings (SSSR count). The van der Waals surface area contributed by atoms with Crippen LogP contribution >= 0.6 is 0 Å². The van der Waals surface area contributed by atoms with Gasteiger partial charge in [-0.05, 0) is 17.8 Å². The van der Waals surface area contributed by atoms with Gasteiger partial charge >= 0.3 is 5.97 Å². The molecule has 0 bridgehead atoms. The van der Waals surface area contributed by atoms with Gasteiger partial charge < -0.3 is 29.8 Å². The molecule has 2 fully saturated rings. The second-order valence-electron chi connectivity index (χ2n) is 11.2. The van der Waals surface area contributed by atoms with E-state index in [9.17, 15) is 19.1 Å². The smallest absolute Gasteiger partial charge is 0.341 e. The lowest BCUT2D eigenvalue weighted by molar-refractivity contribution is 0.0695. The van der Waals surface area contributed by atoms with Crippen LogP contribution in [-0.2, 0) is 7.05 Å². The lowest BCUT2D eigenvalue weighted by Gasteiger charge is -2.25. The minimum absolute atomic E-state index is 0.0844. The van der Waals surface area contributed by atoms with Crippen molar-refractivity contribution in [3.05, 3.63) is 69.9 Å². The molecule has 1 saturated heterocycles. The number of nitrogens with zero attached hydrogens (tertiary/aromatic N) is 5. The number of rotatable bonds is 5. The Morgan fingerprint density at radius 3 is 2.57 bits per heavy atom. The summed E-state index contributed by atoms with van der Waals surface area (Å²) in [5, 5.41) is 13.2. The average Bonchev–Trinajstić information content (AvgIpc) is 3.28. The number of benzene rings is 1. The van der Waals surface area contributed by atoms with Gasteiger partial charge in [0.15, 0.2) is 11.6 Å². The summed E-state index contributed by atoms with van der Waals surface area (Å²) < 4.78 is 32.0. The number of H-pyrrole nitrogens is 1. The topological polar surface area (TPSA) is 119 Å². The van der Waals surface area contributed by atoms with E-state index in [0.29, 0.717) is 69.6 Å². The first-order chi connectivity index (χ1) is 20.1. The van der Waals surface area contributed by atoms with Crippen molar-refractivity contribution in [2.45, 2.75) is 0 Å². The van der Waals surface area contributed by atoms with Crippen LogP contribution in [-0.4, -0.2) is 69.7 Å². The van der Waals surface area contributed by atoms with Gasteiger partial charge in [0.05, 0.1) is 33.1 Å². The maximum Gasteiger partial charge on any atom is 0.341 e. The third-order valence-electron chi connectivity index (χ3n) is 8.38. The minimum Gasteiger partial charge on any atom is -0.477 e. The SMILES string of the molecule is CNc1cc(F)c(F)c2c1[nH]c1ncc(-c3cnc4c(c3)c(=O)c(C(=O)O)cn4C)c(N3CC4C(=CN(C)C)[C@H]4C3)c12. The minimum atomic E-state index is -1.33. The van der Waals surface area contributed by atoms with E-state index >= 15 is 4.39 Å². The number of hydrogen-bond acceptors (Lipinski definition) is 7. The van der Waals surface area contributed by atoms with Crippen LogP contribution in [0.15, 0.2) is 47.3 Å². The van der Waals surface area contributed by atoms with Crippen molar-refractivity contribution in [2.75, 3.05) is 44.4 Å². The first-order valence-corrected chi connectivity index (χ1v) is 13.4. The number of hydrogen-bond donors (Lipinski definition) is 3. The molecule has 3 N–H and O–H groups in total. The second-order valence-corrected chi connectivity index (χ2v) is 11.2. The number of piperidine rings is 1. The number of anilines is 2. The summed E-state index contributed by atoms with van der Waals surface area (Å²) in [5.74, 6) is -2.63. The van der Waals surface area contributed by atoms with E-state index in [0.717, 1.165) is 6.07 Å². The molecule has 2 atom stereocenters. The Morgan fingerprint density at radius 2 is 1.90 bits per heavy atom. The first-order valence-electron chi connectivity index (χ1n) is 13.4. The normalized spacial score (nSPS) is 18.8. The van der Waals surface area contributed by atoms with Gasteiger partial charge in [-0.25, -0.2) is 23.5 Å². The molecule has 214 valence electrons. The third-order valence-corrected chi connectivity index (χ3v) is 8.38. The fourth-order valence-corrected chi connectivity index (χ4v) is 6.43. The highest BCUT2D eigenvalue weighted by Crippen LogP contribution is 2.54. The number of nitrogens with one attached hydrogen (secondary N) is 2. The number of aryl methyl sites for hydroxylation is 1. The number of aromatic nitrogens is 4. The molecule has 10 nitrogen and oxygen atoms in total. The zero-order chi connectivity index (χ0) is 29.6. The molecule has 0 radical (unpaired) electrons. The van der Waals surface area contributed by atoms with Crippen LogP contribution in [0, 0.1) is 23.5 Å². The molecule has 0 amide bonds. The number of aromatic amines is 1. The molecule has 1 aliphatic carbocycles. The Bertz CT molecular complexity index is 2070. The number of carboxylic acid groups (broad SMARTS) is 1. The van der Waals surface area contributed by atoms with Crippen molar-refractivity contribution >= 4 is 50.3 Å². The fourth-order valence-electron chi connectivity index (χ4n) is 6.43. The van der Waals surface area contributed by atoms with Gasteiger partial charge in [0.25, 0.3) is 0 Å². The number of carboxylic acids is 1. The first kappa shape index (κ1) is 25.9. The number of halogens is 2. The van der Waals surface area contributed by atoms with Crippen LogP contribution in [0.1, 0.15) is 10.4 Å². The molecule has 4 aromatic heterocycles. The molecule has 12 heteroatoms. The molecule has 0 spiro atoms. The molecule has 42 heavy (non-hydrogen) atoms. The van der Waals surface area contributed by atoms with E-state index in [4.69, 9.17) is 0 Å². The zero-order valence-corrected chi connectivity index (χ0v) is 23.3. The van der Waals surface area contributed by atoms with E-state index in [1.54, 1.807) is 32.6 Å². The summed E-state index contributed by atoms with van der Waals surface area (Å²) in [7, 11) is 7.23. The maximum atomic E-state index is 15.6. The Balaban J connectivity index is 1.51. The predicted octanol–water partition coefficient (Wildman–Crippen LogP) is 4.16. The van der Waals surface area contributed by atoms with Crippen LogP contribution in [0.3, 0.4) is 0 Å². The predicted molar refractivity (Wildman–Crippen MR) is 157 cm³/mol. The van der Waals surface area contributed by atoms with Crippen molar-refractivity contribution in [1.29, 1.82) is 0 Å². The van der Waals surface area contributed by atoms with E-state index < -0.39 is 23.0 Å². The van der Waals surface area contributed by atoms with Crippen LogP contribution in [0.4, 0.5) is 20.2 Å². The summed E-state index contributed by atoms with van der Waals surface area (Å²) in [6, 6.07) is 2.71. The summed E-state index contributed by atoms with van der Waals surface area (Å²) in [4.78, 5) is 41.4. The van der Waals surface area contributed by atoms with Crippen molar-refractivity contribution in [3.63, 3.8) is 0 Å². The molecule has 2 aliphatic rings. The third kappa shape index (κ3) is 3.67. The molecule has 5 heterocycles.